The van der Waals surface area contributed by atoms with E-state index in [1.165, 1.54) is 0 Å². The second-order valence-electron chi connectivity index (χ2n) is 3.67. The Balaban J connectivity index is 2.30. The number of carboxylic acids is 1. The standard InChI is InChI=1S/C10H11NO3/c12-8(7-2-5-11-6-7)10(9(13)14)3-1-4-10/h2,5-6,11H,1,3-4H2,(H,13,14). The average Bonchev–Trinajstić information content (AvgIpc) is 2.51. The van der Waals surface area contributed by atoms with Gasteiger partial charge >= 0.3 is 5.97 Å². The van der Waals surface area contributed by atoms with Crippen LogP contribution in [0.1, 0.15) is 29.6 Å². The average molecular weight is 193 g/mol. The first-order valence-corrected chi connectivity index (χ1v) is 4.58. The normalized spacial score (nSPS) is 18.6. The Labute approximate surface area is 80.9 Å². The van der Waals surface area contributed by atoms with Gasteiger partial charge < -0.3 is 10.1 Å². The molecule has 1 saturated carbocycles. The van der Waals surface area contributed by atoms with Crippen molar-refractivity contribution in [3.8, 4) is 0 Å². The third kappa shape index (κ3) is 1.07. The number of Topliss-reactive ketones (excluding diaryl/α,β-unsaturated/α-hetero) is 1. The summed E-state index contributed by atoms with van der Waals surface area (Å²) in [5.41, 5.74) is -0.672. The van der Waals surface area contributed by atoms with Gasteiger partial charge in [-0.1, -0.05) is 6.42 Å². The van der Waals surface area contributed by atoms with Crippen LogP contribution >= 0.6 is 0 Å². The molecule has 0 aliphatic heterocycles. The van der Waals surface area contributed by atoms with Crippen LogP contribution in [-0.4, -0.2) is 21.8 Å². The highest BCUT2D eigenvalue weighted by Gasteiger charge is 2.51. The van der Waals surface area contributed by atoms with Crippen molar-refractivity contribution in [1.82, 2.24) is 4.98 Å². The van der Waals surface area contributed by atoms with E-state index in [0.717, 1.165) is 6.42 Å². The lowest BCUT2D eigenvalue weighted by atomic mass is 9.65. The Morgan fingerprint density at radius 3 is 2.50 bits per heavy atom. The van der Waals surface area contributed by atoms with Crippen LogP contribution in [0, 0.1) is 5.41 Å². The van der Waals surface area contributed by atoms with Gasteiger partial charge in [0.05, 0.1) is 0 Å². The maximum absolute atomic E-state index is 11.9. The molecule has 1 aromatic heterocycles. The zero-order chi connectivity index (χ0) is 10.2. The summed E-state index contributed by atoms with van der Waals surface area (Å²) in [7, 11) is 0. The summed E-state index contributed by atoms with van der Waals surface area (Å²) in [6.45, 7) is 0. The maximum Gasteiger partial charge on any atom is 0.317 e. The highest BCUT2D eigenvalue weighted by atomic mass is 16.4. The molecule has 0 saturated heterocycles. The summed E-state index contributed by atoms with van der Waals surface area (Å²) in [5, 5.41) is 9.02. The number of rotatable bonds is 3. The van der Waals surface area contributed by atoms with Crippen molar-refractivity contribution >= 4 is 11.8 Å². The molecular formula is C10H11NO3. The fraction of sp³-hybridized carbons (Fsp3) is 0.400. The highest BCUT2D eigenvalue weighted by Crippen LogP contribution is 2.43. The summed E-state index contributed by atoms with van der Waals surface area (Å²) < 4.78 is 0. The number of aromatic amines is 1. The fourth-order valence-corrected chi connectivity index (χ4v) is 1.81. The molecule has 4 heteroatoms. The molecule has 0 unspecified atom stereocenters. The lowest BCUT2D eigenvalue weighted by Gasteiger charge is -2.35. The van der Waals surface area contributed by atoms with E-state index in [4.69, 9.17) is 5.11 Å². The largest absolute Gasteiger partial charge is 0.480 e. The summed E-state index contributed by atoms with van der Waals surface area (Å²) >= 11 is 0. The van der Waals surface area contributed by atoms with Gasteiger partial charge in [-0.05, 0) is 18.9 Å². The van der Waals surface area contributed by atoms with E-state index in [2.05, 4.69) is 4.98 Å². The molecule has 4 nitrogen and oxygen atoms in total. The van der Waals surface area contributed by atoms with E-state index in [1.54, 1.807) is 18.5 Å². The second-order valence-corrected chi connectivity index (χ2v) is 3.67. The summed E-state index contributed by atoms with van der Waals surface area (Å²) in [6.07, 6.45) is 4.92. The molecule has 14 heavy (non-hydrogen) atoms. The van der Waals surface area contributed by atoms with Crippen LogP contribution in [0.3, 0.4) is 0 Å². The molecular weight excluding hydrogens is 182 g/mol. The molecule has 1 aromatic rings. The van der Waals surface area contributed by atoms with Crippen LogP contribution in [0.5, 0.6) is 0 Å². The smallest absolute Gasteiger partial charge is 0.317 e. The Hall–Kier alpha value is -1.58. The van der Waals surface area contributed by atoms with Gasteiger partial charge in [0.15, 0.2) is 5.78 Å². The molecule has 0 amide bonds. The number of carbonyl (C=O) groups excluding carboxylic acids is 1. The summed E-state index contributed by atoms with van der Waals surface area (Å²) in [4.78, 5) is 25.6. The quantitative estimate of drug-likeness (QED) is 0.563. The SMILES string of the molecule is O=C(O)C1(C(=O)c2cc[nH]c2)CCC1. The molecule has 0 radical (unpaired) electrons. The first-order chi connectivity index (χ1) is 6.67. The molecule has 74 valence electrons. The molecule has 2 N–H and O–H groups in total. The minimum absolute atomic E-state index is 0.266. The summed E-state index contributed by atoms with van der Waals surface area (Å²) in [6, 6.07) is 1.62. The van der Waals surface area contributed by atoms with Gasteiger partial charge in [0, 0.05) is 18.0 Å². The zero-order valence-electron chi connectivity index (χ0n) is 7.62. The molecule has 2 rings (SSSR count). The maximum atomic E-state index is 11.9. The van der Waals surface area contributed by atoms with Gasteiger partial charge in [-0.15, -0.1) is 0 Å². The molecule has 0 spiro atoms. The molecule has 1 aliphatic rings. The third-order valence-corrected chi connectivity index (χ3v) is 2.91. The highest BCUT2D eigenvalue weighted by molar-refractivity contribution is 6.12. The van der Waals surface area contributed by atoms with Gasteiger partial charge in [-0.3, -0.25) is 9.59 Å². The minimum atomic E-state index is -1.14. The van der Waals surface area contributed by atoms with Gasteiger partial charge in [0.25, 0.3) is 0 Å². The number of carboxylic acid groups (broad SMARTS) is 1. The Bertz CT molecular complexity index is 363. The van der Waals surface area contributed by atoms with Crippen LogP contribution in [-0.2, 0) is 4.79 Å². The topological polar surface area (TPSA) is 70.2 Å². The molecule has 1 aliphatic carbocycles. The summed E-state index contributed by atoms with van der Waals surface area (Å²) in [5.74, 6) is -1.26. The van der Waals surface area contributed by atoms with Crippen molar-refractivity contribution in [1.29, 1.82) is 0 Å². The first-order valence-electron chi connectivity index (χ1n) is 4.58. The first kappa shape index (κ1) is 8.99. The van der Waals surface area contributed by atoms with Gasteiger partial charge in [-0.25, -0.2) is 0 Å². The number of hydrogen-bond donors (Lipinski definition) is 2. The van der Waals surface area contributed by atoms with Crippen molar-refractivity contribution in [2.45, 2.75) is 19.3 Å². The predicted molar refractivity (Wildman–Crippen MR) is 49.0 cm³/mol. The van der Waals surface area contributed by atoms with E-state index in [9.17, 15) is 9.59 Å². The van der Waals surface area contributed by atoms with E-state index in [1.807, 2.05) is 0 Å². The number of ketones is 1. The van der Waals surface area contributed by atoms with Gasteiger partial charge in [0.2, 0.25) is 0 Å². The Morgan fingerprint density at radius 1 is 1.43 bits per heavy atom. The molecule has 0 atom stereocenters. The van der Waals surface area contributed by atoms with E-state index < -0.39 is 11.4 Å². The van der Waals surface area contributed by atoms with Crippen molar-refractivity contribution in [3.05, 3.63) is 24.0 Å². The molecule has 0 bridgehead atoms. The van der Waals surface area contributed by atoms with E-state index >= 15 is 0 Å². The van der Waals surface area contributed by atoms with E-state index in [0.29, 0.717) is 18.4 Å². The van der Waals surface area contributed by atoms with Crippen molar-refractivity contribution in [2.24, 2.45) is 5.41 Å². The monoisotopic (exact) mass is 193 g/mol. The molecule has 0 aromatic carbocycles. The lowest BCUT2D eigenvalue weighted by molar-refractivity contribution is -0.150. The van der Waals surface area contributed by atoms with Gasteiger partial charge in [0.1, 0.15) is 5.41 Å². The molecule has 1 heterocycles. The van der Waals surface area contributed by atoms with E-state index in [-0.39, 0.29) is 5.78 Å². The Morgan fingerprint density at radius 2 is 2.14 bits per heavy atom. The van der Waals surface area contributed by atoms with Crippen LogP contribution in [0.4, 0.5) is 0 Å². The van der Waals surface area contributed by atoms with Crippen LogP contribution in [0.2, 0.25) is 0 Å². The number of aliphatic carboxylic acids is 1. The molecule has 1 fully saturated rings. The van der Waals surface area contributed by atoms with Crippen LogP contribution < -0.4 is 0 Å². The fourth-order valence-electron chi connectivity index (χ4n) is 1.81. The predicted octanol–water partition coefficient (Wildman–Crippen LogP) is 1.45. The van der Waals surface area contributed by atoms with Crippen molar-refractivity contribution in [3.63, 3.8) is 0 Å². The van der Waals surface area contributed by atoms with Gasteiger partial charge in [-0.2, -0.15) is 0 Å². The number of nitrogens with one attached hydrogen (secondary N) is 1. The van der Waals surface area contributed by atoms with Crippen molar-refractivity contribution < 1.29 is 14.7 Å². The second kappa shape index (κ2) is 2.97. The number of H-pyrrole nitrogens is 1. The third-order valence-electron chi connectivity index (χ3n) is 2.91. The minimum Gasteiger partial charge on any atom is -0.480 e. The number of hydrogen-bond acceptors (Lipinski definition) is 2. The van der Waals surface area contributed by atoms with Crippen molar-refractivity contribution in [2.75, 3.05) is 0 Å². The zero-order valence-corrected chi connectivity index (χ0v) is 7.62. The van der Waals surface area contributed by atoms with Crippen LogP contribution in [0.25, 0.3) is 0 Å². The number of aromatic nitrogens is 1. The number of carbonyl (C=O) groups is 2. The van der Waals surface area contributed by atoms with Crippen LogP contribution in [0.15, 0.2) is 18.5 Å². The Kier molecular flexibility index (Phi) is 1.91. The lowest BCUT2D eigenvalue weighted by Crippen LogP contribution is -2.45.